The number of hydrogen-bond acceptors (Lipinski definition) is 3. The number of aromatic amines is 1. The molecule has 0 radical (unpaired) electrons. The van der Waals surface area contributed by atoms with Gasteiger partial charge in [-0.3, -0.25) is 0 Å². The number of amides is 1. The summed E-state index contributed by atoms with van der Waals surface area (Å²) < 4.78 is 5.44. The molecule has 1 aliphatic heterocycles. The fourth-order valence-electron chi connectivity index (χ4n) is 2.48. The standard InChI is InChI=1S/C14H23N3O2/c1-14(2,3)19-13(18)17-8-4-5-11(17)12(15)10-6-7-16-9-10/h6-7,9,11-12,16H,4-5,8,15H2,1-3H3. The first-order chi connectivity index (χ1) is 8.88. The van der Waals surface area contributed by atoms with Crippen molar-refractivity contribution in [3.05, 3.63) is 24.0 Å². The molecule has 0 aromatic carbocycles. The third-order valence-electron chi connectivity index (χ3n) is 3.35. The summed E-state index contributed by atoms with van der Waals surface area (Å²) in [6.45, 7) is 6.35. The highest BCUT2D eigenvalue weighted by Gasteiger charge is 2.36. The van der Waals surface area contributed by atoms with Crippen LogP contribution in [0.25, 0.3) is 0 Å². The Morgan fingerprint density at radius 3 is 2.89 bits per heavy atom. The van der Waals surface area contributed by atoms with E-state index >= 15 is 0 Å². The minimum absolute atomic E-state index is 0.0191. The number of nitrogens with two attached hydrogens (primary N) is 1. The molecule has 2 heterocycles. The van der Waals surface area contributed by atoms with Crippen LogP contribution in [0.4, 0.5) is 4.79 Å². The SMILES string of the molecule is CC(C)(C)OC(=O)N1CCCC1C(N)c1cc[nH]c1. The molecule has 0 aliphatic carbocycles. The second-order valence-electron chi connectivity index (χ2n) is 6.05. The van der Waals surface area contributed by atoms with Crippen LogP contribution in [0.2, 0.25) is 0 Å². The Hall–Kier alpha value is -1.49. The van der Waals surface area contributed by atoms with Gasteiger partial charge in [-0.2, -0.15) is 0 Å². The smallest absolute Gasteiger partial charge is 0.410 e. The second-order valence-corrected chi connectivity index (χ2v) is 6.05. The van der Waals surface area contributed by atoms with Crippen molar-refractivity contribution >= 4 is 6.09 Å². The maximum absolute atomic E-state index is 12.2. The summed E-state index contributed by atoms with van der Waals surface area (Å²) in [6, 6.07) is 1.81. The first kappa shape index (κ1) is 13.9. The summed E-state index contributed by atoms with van der Waals surface area (Å²) in [5.74, 6) is 0. The van der Waals surface area contributed by atoms with Crippen molar-refractivity contribution in [3.8, 4) is 0 Å². The van der Waals surface area contributed by atoms with E-state index in [2.05, 4.69) is 4.98 Å². The molecule has 1 aromatic heterocycles. The number of rotatable bonds is 2. The van der Waals surface area contributed by atoms with Crippen molar-refractivity contribution in [1.82, 2.24) is 9.88 Å². The van der Waals surface area contributed by atoms with Gasteiger partial charge in [-0.1, -0.05) is 0 Å². The molecule has 1 fully saturated rings. The van der Waals surface area contributed by atoms with Crippen molar-refractivity contribution < 1.29 is 9.53 Å². The average Bonchev–Trinajstić information content (AvgIpc) is 2.97. The highest BCUT2D eigenvalue weighted by atomic mass is 16.6. The van der Waals surface area contributed by atoms with E-state index in [1.54, 1.807) is 4.90 Å². The zero-order chi connectivity index (χ0) is 14.0. The van der Waals surface area contributed by atoms with Gasteiger partial charge in [0.05, 0.1) is 12.1 Å². The van der Waals surface area contributed by atoms with Crippen LogP contribution in [0.15, 0.2) is 18.5 Å². The van der Waals surface area contributed by atoms with Crippen molar-refractivity contribution in [3.63, 3.8) is 0 Å². The van der Waals surface area contributed by atoms with E-state index in [0.29, 0.717) is 0 Å². The molecule has 106 valence electrons. The zero-order valence-corrected chi connectivity index (χ0v) is 11.8. The molecule has 19 heavy (non-hydrogen) atoms. The number of aromatic nitrogens is 1. The number of ether oxygens (including phenoxy) is 1. The van der Waals surface area contributed by atoms with E-state index in [-0.39, 0.29) is 18.2 Å². The van der Waals surface area contributed by atoms with Crippen LogP contribution in [0.5, 0.6) is 0 Å². The Labute approximate surface area is 114 Å². The minimum atomic E-state index is -0.470. The van der Waals surface area contributed by atoms with Gasteiger partial charge in [-0.25, -0.2) is 4.79 Å². The molecule has 1 amide bonds. The lowest BCUT2D eigenvalue weighted by molar-refractivity contribution is 0.0206. The van der Waals surface area contributed by atoms with Crippen molar-refractivity contribution in [2.24, 2.45) is 5.73 Å². The van der Waals surface area contributed by atoms with E-state index < -0.39 is 5.60 Å². The molecule has 0 saturated carbocycles. The molecular formula is C14H23N3O2. The maximum atomic E-state index is 12.2. The van der Waals surface area contributed by atoms with Gasteiger partial charge >= 0.3 is 6.09 Å². The van der Waals surface area contributed by atoms with E-state index in [1.165, 1.54) is 0 Å². The Morgan fingerprint density at radius 2 is 2.32 bits per heavy atom. The largest absolute Gasteiger partial charge is 0.444 e. The van der Waals surface area contributed by atoms with Gasteiger partial charge in [-0.05, 0) is 45.2 Å². The van der Waals surface area contributed by atoms with Gasteiger partial charge in [0.1, 0.15) is 5.60 Å². The quantitative estimate of drug-likeness (QED) is 0.862. The van der Waals surface area contributed by atoms with Gasteiger partial charge in [0.15, 0.2) is 0 Å². The molecule has 5 heteroatoms. The fraction of sp³-hybridized carbons (Fsp3) is 0.643. The molecule has 1 saturated heterocycles. The molecule has 3 N–H and O–H groups in total. The van der Waals surface area contributed by atoms with Crippen LogP contribution < -0.4 is 5.73 Å². The zero-order valence-electron chi connectivity index (χ0n) is 11.8. The molecule has 1 aromatic rings. The molecule has 5 nitrogen and oxygen atoms in total. The van der Waals surface area contributed by atoms with Gasteiger partial charge in [-0.15, -0.1) is 0 Å². The Balaban J connectivity index is 2.06. The summed E-state index contributed by atoms with van der Waals surface area (Å²) >= 11 is 0. The average molecular weight is 265 g/mol. The monoisotopic (exact) mass is 265 g/mol. The summed E-state index contributed by atoms with van der Waals surface area (Å²) in [5, 5.41) is 0. The molecule has 0 spiro atoms. The van der Waals surface area contributed by atoms with Crippen molar-refractivity contribution in [1.29, 1.82) is 0 Å². The topological polar surface area (TPSA) is 71.3 Å². The van der Waals surface area contributed by atoms with Crippen LogP contribution in [-0.4, -0.2) is 34.2 Å². The molecule has 2 unspecified atom stereocenters. The lowest BCUT2D eigenvalue weighted by Crippen LogP contribution is -2.44. The lowest BCUT2D eigenvalue weighted by atomic mass is 10.0. The van der Waals surface area contributed by atoms with Gasteiger partial charge in [0.25, 0.3) is 0 Å². The second kappa shape index (κ2) is 5.25. The Bertz CT molecular complexity index is 422. The Morgan fingerprint density at radius 1 is 1.58 bits per heavy atom. The molecule has 2 rings (SSSR count). The van der Waals surface area contributed by atoms with E-state index in [0.717, 1.165) is 24.9 Å². The maximum Gasteiger partial charge on any atom is 0.410 e. The van der Waals surface area contributed by atoms with Crippen LogP contribution >= 0.6 is 0 Å². The van der Waals surface area contributed by atoms with Gasteiger partial charge < -0.3 is 20.4 Å². The number of H-pyrrole nitrogens is 1. The summed E-state index contributed by atoms with van der Waals surface area (Å²) in [5.41, 5.74) is 6.83. The number of likely N-dealkylation sites (tertiary alicyclic amines) is 1. The number of nitrogens with zero attached hydrogens (tertiary/aromatic N) is 1. The first-order valence-corrected chi connectivity index (χ1v) is 6.76. The minimum Gasteiger partial charge on any atom is -0.444 e. The predicted octanol–water partition coefficient (Wildman–Crippen LogP) is 2.41. The predicted molar refractivity (Wildman–Crippen MR) is 73.7 cm³/mol. The highest BCUT2D eigenvalue weighted by Crippen LogP contribution is 2.29. The van der Waals surface area contributed by atoms with Gasteiger partial charge in [0, 0.05) is 18.9 Å². The molecule has 0 bridgehead atoms. The third kappa shape index (κ3) is 3.29. The number of nitrogens with one attached hydrogen (secondary N) is 1. The van der Waals surface area contributed by atoms with Crippen molar-refractivity contribution in [2.75, 3.05) is 6.54 Å². The van der Waals surface area contributed by atoms with E-state index in [4.69, 9.17) is 10.5 Å². The summed E-state index contributed by atoms with van der Waals surface area (Å²) in [6.07, 6.45) is 5.37. The number of carbonyl (C=O) groups excluding carboxylic acids is 1. The highest BCUT2D eigenvalue weighted by molar-refractivity contribution is 5.69. The van der Waals surface area contributed by atoms with Gasteiger partial charge in [0.2, 0.25) is 0 Å². The number of hydrogen-bond donors (Lipinski definition) is 2. The van der Waals surface area contributed by atoms with E-state index in [1.807, 2.05) is 39.2 Å². The van der Waals surface area contributed by atoms with Crippen LogP contribution in [0, 0.1) is 0 Å². The first-order valence-electron chi connectivity index (χ1n) is 6.76. The molecule has 1 aliphatic rings. The normalized spacial score (nSPS) is 21.5. The number of carbonyl (C=O) groups is 1. The van der Waals surface area contributed by atoms with Crippen LogP contribution in [0.1, 0.15) is 45.2 Å². The summed E-state index contributed by atoms with van der Waals surface area (Å²) in [4.78, 5) is 17.0. The molecule has 2 atom stereocenters. The summed E-state index contributed by atoms with van der Waals surface area (Å²) in [7, 11) is 0. The third-order valence-corrected chi connectivity index (χ3v) is 3.35. The fourth-order valence-corrected chi connectivity index (χ4v) is 2.48. The van der Waals surface area contributed by atoms with E-state index in [9.17, 15) is 4.79 Å². The lowest BCUT2D eigenvalue weighted by Gasteiger charge is -2.31. The van der Waals surface area contributed by atoms with Crippen LogP contribution in [0.3, 0.4) is 0 Å². The Kier molecular flexibility index (Phi) is 3.85. The van der Waals surface area contributed by atoms with Crippen molar-refractivity contribution in [2.45, 2.75) is 51.3 Å². The molecular weight excluding hydrogens is 242 g/mol. The van der Waals surface area contributed by atoms with Crippen LogP contribution in [-0.2, 0) is 4.74 Å².